The van der Waals surface area contributed by atoms with Gasteiger partial charge in [0.1, 0.15) is 0 Å². The lowest BCUT2D eigenvalue weighted by Gasteiger charge is -2.42. The fourth-order valence-corrected chi connectivity index (χ4v) is 1.79. The number of rotatable bonds is 1. The second kappa shape index (κ2) is 3.66. The van der Waals surface area contributed by atoms with Crippen molar-refractivity contribution in [1.29, 1.82) is 0 Å². The molecule has 0 amide bonds. The molecule has 1 fully saturated rings. The van der Waals surface area contributed by atoms with Crippen molar-refractivity contribution in [3.8, 4) is 0 Å². The minimum Gasteiger partial charge on any atom is -0.393 e. The number of aliphatic hydroxyl groups is 1. The van der Waals surface area contributed by atoms with Crippen LogP contribution in [-0.4, -0.2) is 11.2 Å². The zero-order valence-corrected chi connectivity index (χ0v) is 8.13. The van der Waals surface area contributed by atoms with Crippen LogP contribution in [0.4, 0.5) is 0 Å². The van der Waals surface area contributed by atoms with Gasteiger partial charge >= 0.3 is 0 Å². The number of hydrogen-bond donors (Lipinski definition) is 2. The van der Waals surface area contributed by atoms with E-state index in [-0.39, 0.29) is 24.0 Å². The molecule has 0 aromatic heterocycles. The first-order chi connectivity index (χ1) is 5.71. The number of nitrogens with two attached hydrogens (primary N) is 1. The Labute approximate surface area is 84.2 Å². The lowest BCUT2D eigenvalue weighted by Crippen LogP contribution is -2.51. The maximum absolute atomic E-state index is 9.16. The van der Waals surface area contributed by atoms with Crippen molar-refractivity contribution in [2.24, 2.45) is 5.73 Å². The molecule has 1 aliphatic carbocycles. The third kappa shape index (κ3) is 1.85. The molecule has 1 aromatic carbocycles. The summed E-state index contributed by atoms with van der Waals surface area (Å²) in [7, 11) is 0. The molecule has 13 heavy (non-hydrogen) atoms. The van der Waals surface area contributed by atoms with Crippen molar-refractivity contribution < 1.29 is 5.11 Å². The summed E-state index contributed by atoms with van der Waals surface area (Å²) in [6.07, 6.45) is 1.18. The average Bonchev–Trinajstić information content (AvgIpc) is 2.04. The quantitative estimate of drug-likeness (QED) is 0.719. The van der Waals surface area contributed by atoms with Gasteiger partial charge in [-0.25, -0.2) is 0 Å². The van der Waals surface area contributed by atoms with E-state index in [0.717, 1.165) is 5.56 Å². The molecule has 1 saturated carbocycles. The Morgan fingerprint density at radius 2 is 1.77 bits per heavy atom. The summed E-state index contributed by atoms with van der Waals surface area (Å²) in [5.41, 5.74) is 6.93. The maximum atomic E-state index is 9.16. The van der Waals surface area contributed by atoms with Crippen LogP contribution in [0.15, 0.2) is 30.3 Å². The van der Waals surface area contributed by atoms with Crippen molar-refractivity contribution in [3.63, 3.8) is 0 Å². The number of aliphatic hydroxyl groups excluding tert-OH is 1. The smallest absolute Gasteiger partial charge is 0.0582 e. The fraction of sp³-hybridized carbons (Fsp3) is 0.400. The molecule has 2 nitrogen and oxygen atoms in total. The van der Waals surface area contributed by atoms with Gasteiger partial charge in [-0.2, -0.15) is 0 Å². The minimum absolute atomic E-state index is 0. The van der Waals surface area contributed by atoms with Crippen LogP contribution in [0.5, 0.6) is 0 Å². The largest absolute Gasteiger partial charge is 0.393 e. The lowest BCUT2D eigenvalue weighted by molar-refractivity contribution is 0.0209. The van der Waals surface area contributed by atoms with Gasteiger partial charge in [-0.3, -0.25) is 0 Å². The Balaban J connectivity index is 0.000000845. The van der Waals surface area contributed by atoms with Gasteiger partial charge in [0.15, 0.2) is 0 Å². The van der Waals surface area contributed by atoms with Crippen molar-refractivity contribution >= 4 is 12.4 Å². The highest BCUT2D eigenvalue weighted by molar-refractivity contribution is 5.85. The van der Waals surface area contributed by atoms with Crippen molar-refractivity contribution in [2.75, 3.05) is 0 Å². The van der Waals surface area contributed by atoms with Crippen LogP contribution in [0.3, 0.4) is 0 Å². The molecular weight excluding hydrogens is 186 g/mol. The summed E-state index contributed by atoms with van der Waals surface area (Å²) in [5.74, 6) is 0. The highest BCUT2D eigenvalue weighted by atomic mass is 35.5. The van der Waals surface area contributed by atoms with E-state index in [1.54, 1.807) is 0 Å². The van der Waals surface area contributed by atoms with Gasteiger partial charge in [-0.15, -0.1) is 12.4 Å². The van der Waals surface area contributed by atoms with Gasteiger partial charge in [0, 0.05) is 5.54 Å². The van der Waals surface area contributed by atoms with E-state index in [0.29, 0.717) is 12.8 Å². The molecule has 0 unspecified atom stereocenters. The summed E-state index contributed by atoms with van der Waals surface area (Å²) >= 11 is 0. The normalized spacial score (nSPS) is 31.7. The molecule has 0 spiro atoms. The Kier molecular flexibility index (Phi) is 2.96. The third-order valence-electron chi connectivity index (χ3n) is 2.55. The molecule has 0 aliphatic heterocycles. The minimum atomic E-state index is -0.263. The van der Waals surface area contributed by atoms with Gasteiger partial charge in [-0.1, -0.05) is 30.3 Å². The monoisotopic (exact) mass is 199 g/mol. The Hall–Kier alpha value is -0.570. The summed E-state index contributed by atoms with van der Waals surface area (Å²) in [5, 5.41) is 9.16. The highest BCUT2D eigenvalue weighted by Crippen LogP contribution is 2.38. The Bertz CT molecular complexity index is 270. The van der Waals surface area contributed by atoms with Crippen LogP contribution < -0.4 is 5.73 Å². The molecule has 2 rings (SSSR count). The van der Waals surface area contributed by atoms with E-state index in [1.807, 2.05) is 30.3 Å². The topological polar surface area (TPSA) is 46.2 Å². The van der Waals surface area contributed by atoms with Crippen LogP contribution in [0.2, 0.25) is 0 Å². The second-order valence-corrected chi connectivity index (χ2v) is 3.58. The molecule has 1 aromatic rings. The van der Waals surface area contributed by atoms with Crippen LogP contribution in [0, 0.1) is 0 Å². The molecule has 3 heteroatoms. The van der Waals surface area contributed by atoms with E-state index in [1.165, 1.54) is 0 Å². The first-order valence-electron chi connectivity index (χ1n) is 4.23. The van der Waals surface area contributed by atoms with Crippen molar-refractivity contribution in [2.45, 2.75) is 24.5 Å². The molecular formula is C10H14ClNO. The number of hydrogen-bond acceptors (Lipinski definition) is 2. The van der Waals surface area contributed by atoms with Gasteiger partial charge in [0.2, 0.25) is 0 Å². The van der Waals surface area contributed by atoms with Gasteiger partial charge in [0.05, 0.1) is 6.10 Å². The zero-order valence-electron chi connectivity index (χ0n) is 7.31. The fourth-order valence-electron chi connectivity index (χ4n) is 1.79. The zero-order chi connectivity index (χ0) is 8.60. The van der Waals surface area contributed by atoms with E-state index >= 15 is 0 Å². The molecule has 0 bridgehead atoms. The molecule has 0 atom stereocenters. The molecule has 0 saturated heterocycles. The summed E-state index contributed by atoms with van der Waals surface area (Å²) < 4.78 is 0. The summed E-state index contributed by atoms with van der Waals surface area (Å²) in [4.78, 5) is 0. The molecule has 3 N–H and O–H groups in total. The third-order valence-corrected chi connectivity index (χ3v) is 2.55. The van der Waals surface area contributed by atoms with Crippen LogP contribution in [-0.2, 0) is 5.54 Å². The highest BCUT2D eigenvalue weighted by Gasteiger charge is 2.41. The molecule has 1 aliphatic rings. The van der Waals surface area contributed by atoms with Crippen LogP contribution in [0.25, 0.3) is 0 Å². The SMILES string of the molecule is Cl.NC1(c2ccccc2)CC(O)C1. The molecule has 72 valence electrons. The summed E-state index contributed by atoms with van der Waals surface area (Å²) in [6.45, 7) is 0. The van der Waals surface area contributed by atoms with Crippen molar-refractivity contribution in [1.82, 2.24) is 0 Å². The van der Waals surface area contributed by atoms with E-state index in [4.69, 9.17) is 10.8 Å². The van der Waals surface area contributed by atoms with Gasteiger partial charge in [0.25, 0.3) is 0 Å². The Morgan fingerprint density at radius 1 is 1.23 bits per heavy atom. The average molecular weight is 200 g/mol. The predicted octanol–water partition coefficient (Wildman–Crippen LogP) is 1.42. The van der Waals surface area contributed by atoms with Crippen LogP contribution in [0.1, 0.15) is 18.4 Å². The van der Waals surface area contributed by atoms with Crippen molar-refractivity contribution in [3.05, 3.63) is 35.9 Å². The number of benzene rings is 1. The maximum Gasteiger partial charge on any atom is 0.0582 e. The Morgan fingerprint density at radius 3 is 2.23 bits per heavy atom. The van der Waals surface area contributed by atoms with Gasteiger partial charge < -0.3 is 10.8 Å². The van der Waals surface area contributed by atoms with E-state index in [2.05, 4.69) is 0 Å². The lowest BCUT2D eigenvalue weighted by atomic mass is 9.71. The van der Waals surface area contributed by atoms with E-state index in [9.17, 15) is 0 Å². The number of halogens is 1. The van der Waals surface area contributed by atoms with Crippen LogP contribution >= 0.6 is 12.4 Å². The van der Waals surface area contributed by atoms with Gasteiger partial charge in [-0.05, 0) is 18.4 Å². The summed E-state index contributed by atoms with van der Waals surface area (Å²) in [6, 6.07) is 9.98. The standard InChI is InChI=1S/C10H13NO.ClH/c11-10(6-9(12)7-10)8-4-2-1-3-5-8;/h1-5,9,12H,6-7,11H2;1H. The molecule has 0 radical (unpaired) electrons. The van der Waals surface area contributed by atoms with E-state index < -0.39 is 0 Å². The first kappa shape index (κ1) is 10.5. The first-order valence-corrected chi connectivity index (χ1v) is 4.23. The second-order valence-electron chi connectivity index (χ2n) is 3.58. The molecule has 0 heterocycles. The predicted molar refractivity (Wildman–Crippen MR) is 54.8 cm³/mol.